The number of amides is 1. The van der Waals surface area contributed by atoms with Gasteiger partial charge >= 0.3 is 0 Å². The van der Waals surface area contributed by atoms with Gasteiger partial charge < -0.3 is 25.2 Å². The number of carbonyl (C=O) groups excluding carboxylic acids is 3. The number of benzene rings is 2. The minimum Gasteiger partial charge on any atom is -0.337 e. The van der Waals surface area contributed by atoms with Gasteiger partial charge in [0.05, 0.1) is 28.3 Å². The first-order valence-electron chi connectivity index (χ1n) is 14.7. The van der Waals surface area contributed by atoms with Crippen molar-refractivity contribution in [3.63, 3.8) is 0 Å². The van der Waals surface area contributed by atoms with Gasteiger partial charge in [0.1, 0.15) is 25.1 Å². The van der Waals surface area contributed by atoms with Gasteiger partial charge in [-0.1, -0.05) is 26.0 Å². The van der Waals surface area contributed by atoms with Crippen LogP contribution in [0.4, 0.5) is 10.1 Å². The maximum Gasteiger partial charge on any atom is 0.227 e. The van der Waals surface area contributed by atoms with Crippen LogP contribution in [0.25, 0.3) is 55.8 Å². The quantitative estimate of drug-likeness (QED) is 0.166. The molecule has 1 saturated carbocycles. The number of fused-ring (bicyclic) bond motifs is 2. The number of anilines is 1. The fraction of sp³-hybridized carbons (Fsp3) is 0.206. The van der Waals surface area contributed by atoms with E-state index in [4.69, 9.17) is 14.6 Å². The molecule has 12 heteroatoms. The highest BCUT2D eigenvalue weighted by Crippen LogP contribution is 2.34. The van der Waals surface area contributed by atoms with Gasteiger partial charge in [0.25, 0.3) is 0 Å². The number of aromatic nitrogens is 6. The second-order valence-corrected chi connectivity index (χ2v) is 10.1. The van der Waals surface area contributed by atoms with Gasteiger partial charge in [-0.3, -0.25) is 14.9 Å². The lowest BCUT2D eigenvalue weighted by Crippen LogP contribution is -2.13. The summed E-state index contributed by atoms with van der Waals surface area (Å²) in [6.45, 7) is 8.56. The van der Waals surface area contributed by atoms with Crippen LogP contribution in [0.1, 0.15) is 32.3 Å². The monoisotopic (exact) mass is 622 g/mol. The average Bonchev–Trinajstić information content (AvgIpc) is 3.73. The second kappa shape index (κ2) is 15.4. The Bertz CT molecular complexity index is 1950. The number of nitrogens with zero attached hydrogens (tertiary/aromatic N) is 4. The van der Waals surface area contributed by atoms with E-state index in [-0.39, 0.29) is 17.6 Å². The Labute approximate surface area is 265 Å². The Balaban J connectivity index is 0.000000758. The lowest BCUT2D eigenvalue weighted by atomic mass is 10.0. The molecule has 6 aromatic rings. The molecule has 1 amide bonds. The Hall–Kier alpha value is -5.62. The number of pyridine rings is 2. The Morgan fingerprint density at radius 2 is 1.74 bits per heavy atom. The highest BCUT2D eigenvalue weighted by atomic mass is 19.1. The van der Waals surface area contributed by atoms with Gasteiger partial charge in [-0.05, 0) is 67.4 Å². The van der Waals surface area contributed by atoms with E-state index in [2.05, 4.69) is 35.8 Å². The molecule has 0 aliphatic heterocycles. The van der Waals surface area contributed by atoms with Crippen molar-refractivity contribution >= 4 is 47.2 Å². The lowest BCUT2D eigenvalue weighted by molar-refractivity contribution is -0.117. The van der Waals surface area contributed by atoms with E-state index < -0.39 is 0 Å². The predicted molar refractivity (Wildman–Crippen MR) is 177 cm³/mol. The molecule has 1 aliphatic rings. The first-order valence-corrected chi connectivity index (χ1v) is 14.7. The van der Waals surface area contributed by atoms with Crippen LogP contribution in [0.15, 0.2) is 67.1 Å². The van der Waals surface area contributed by atoms with Crippen molar-refractivity contribution in [2.24, 2.45) is 5.92 Å². The van der Waals surface area contributed by atoms with E-state index in [0.717, 1.165) is 57.1 Å². The molecule has 11 nitrogen and oxygen atoms in total. The van der Waals surface area contributed by atoms with Gasteiger partial charge in [-0.25, -0.2) is 14.4 Å². The molecule has 1 fully saturated rings. The van der Waals surface area contributed by atoms with Crippen molar-refractivity contribution in [3.8, 4) is 33.8 Å². The largest absolute Gasteiger partial charge is 0.337 e. The summed E-state index contributed by atoms with van der Waals surface area (Å²) >= 11 is 0. The van der Waals surface area contributed by atoms with E-state index in [1.807, 2.05) is 70.9 Å². The standard InChI is InChI=1S/C30H25FN8O.C2H6.2CH2O/c1-32-12-16-7-18(9-21(31)8-16)23-3-2-4-25-26(23)37-29(36-25)27-24-11-20(14-34-28(24)39-38-27)19-10-22(15-33-13-19)35-30(40)17-5-6-17;3*1-2/h2-4,7-11,13-15,17,32H,5-6,12H2,1H3,(H,35,40)(H,36,37)(H,34,38,39);1-2H3;2*1H2. The molecule has 4 aromatic heterocycles. The summed E-state index contributed by atoms with van der Waals surface area (Å²) in [5, 5.41) is 14.3. The molecule has 0 unspecified atom stereocenters. The summed E-state index contributed by atoms with van der Waals surface area (Å²) in [5.74, 6) is 0.444. The van der Waals surface area contributed by atoms with Crippen molar-refractivity contribution in [2.75, 3.05) is 12.4 Å². The van der Waals surface area contributed by atoms with Crippen molar-refractivity contribution < 1.29 is 18.8 Å². The Kier molecular flexibility index (Phi) is 11.1. The Morgan fingerprint density at radius 1 is 0.978 bits per heavy atom. The SMILES string of the molecule is C=O.C=O.CC.CNCc1cc(F)cc(-c2cccc3[nH]c(-c4[nH]nc5ncc(-c6cncc(NC(=O)C7CC7)c6)cc45)nc23)c1. The normalized spacial score (nSPS) is 11.8. The molecule has 0 atom stereocenters. The maximum absolute atomic E-state index is 14.4. The van der Waals surface area contributed by atoms with Gasteiger partial charge in [-0.15, -0.1) is 0 Å². The second-order valence-electron chi connectivity index (χ2n) is 10.1. The van der Waals surface area contributed by atoms with E-state index >= 15 is 0 Å². The summed E-state index contributed by atoms with van der Waals surface area (Å²) in [6.07, 6.45) is 6.99. The van der Waals surface area contributed by atoms with Crippen LogP contribution >= 0.6 is 0 Å². The number of aromatic amines is 2. The highest BCUT2D eigenvalue weighted by Gasteiger charge is 2.29. The third-order valence-electron chi connectivity index (χ3n) is 7.10. The van der Waals surface area contributed by atoms with Gasteiger partial charge in [-0.2, -0.15) is 5.10 Å². The van der Waals surface area contributed by atoms with Crippen molar-refractivity contribution in [2.45, 2.75) is 33.2 Å². The first-order chi connectivity index (χ1) is 22.6. The summed E-state index contributed by atoms with van der Waals surface area (Å²) in [4.78, 5) is 45.4. The number of H-pyrrole nitrogens is 2. The van der Waals surface area contributed by atoms with Crippen LogP contribution in [0.5, 0.6) is 0 Å². The smallest absolute Gasteiger partial charge is 0.227 e. The number of imidazole rings is 1. The molecule has 0 saturated heterocycles. The van der Waals surface area contributed by atoms with Crippen LogP contribution in [-0.2, 0) is 20.9 Å². The molecule has 1 aliphatic carbocycles. The van der Waals surface area contributed by atoms with Crippen LogP contribution < -0.4 is 10.6 Å². The molecule has 4 heterocycles. The number of rotatable bonds is 7. The number of hydrogen-bond acceptors (Lipinski definition) is 8. The number of nitrogens with one attached hydrogen (secondary N) is 4. The maximum atomic E-state index is 14.4. The zero-order valence-electron chi connectivity index (χ0n) is 25.9. The molecule has 46 heavy (non-hydrogen) atoms. The third kappa shape index (κ3) is 7.19. The van der Waals surface area contributed by atoms with E-state index in [9.17, 15) is 9.18 Å². The van der Waals surface area contributed by atoms with E-state index in [1.165, 1.54) is 12.1 Å². The molecule has 0 bridgehead atoms. The summed E-state index contributed by atoms with van der Waals surface area (Å²) in [7, 11) is 1.83. The number of hydrogen-bond donors (Lipinski definition) is 4. The van der Waals surface area contributed by atoms with Crippen molar-refractivity contribution in [1.29, 1.82) is 0 Å². The minimum absolute atomic E-state index is 0.0328. The molecule has 7 rings (SSSR count). The number of carbonyl (C=O) groups is 3. The lowest BCUT2D eigenvalue weighted by Gasteiger charge is -2.07. The summed E-state index contributed by atoms with van der Waals surface area (Å²) in [5.41, 5.74) is 7.54. The van der Waals surface area contributed by atoms with E-state index in [1.54, 1.807) is 18.6 Å². The molecule has 4 N–H and O–H groups in total. The van der Waals surface area contributed by atoms with Crippen LogP contribution in [-0.4, -0.2) is 56.7 Å². The summed E-state index contributed by atoms with van der Waals surface area (Å²) in [6, 6.07) is 14.7. The fourth-order valence-corrected chi connectivity index (χ4v) is 4.99. The fourth-order valence-electron chi connectivity index (χ4n) is 4.99. The number of halogens is 1. The molecule has 0 spiro atoms. The van der Waals surface area contributed by atoms with Crippen LogP contribution in [0.2, 0.25) is 0 Å². The van der Waals surface area contributed by atoms with Gasteiger partial charge in [0.2, 0.25) is 5.91 Å². The topological polar surface area (TPSA) is 158 Å². The first kappa shape index (κ1) is 33.3. The van der Waals surface area contributed by atoms with Crippen LogP contribution in [0, 0.1) is 11.7 Å². The van der Waals surface area contributed by atoms with Gasteiger partial charge in [0, 0.05) is 41.5 Å². The van der Waals surface area contributed by atoms with Crippen molar-refractivity contribution in [3.05, 3.63) is 78.5 Å². The molecule has 236 valence electrons. The molecule has 2 aromatic carbocycles. The minimum atomic E-state index is -0.292. The molecular formula is C34H35FN8O3. The summed E-state index contributed by atoms with van der Waals surface area (Å²) < 4.78 is 14.4. The third-order valence-corrected chi connectivity index (χ3v) is 7.10. The zero-order chi connectivity index (χ0) is 33.2. The zero-order valence-corrected chi connectivity index (χ0v) is 25.9. The van der Waals surface area contributed by atoms with Crippen LogP contribution in [0.3, 0.4) is 0 Å². The Morgan fingerprint density at radius 3 is 2.48 bits per heavy atom. The number of para-hydroxylation sites is 1. The van der Waals surface area contributed by atoms with E-state index in [0.29, 0.717) is 29.4 Å². The van der Waals surface area contributed by atoms with Gasteiger partial charge in [0.15, 0.2) is 11.5 Å². The van der Waals surface area contributed by atoms with Crippen molar-refractivity contribution in [1.82, 2.24) is 35.5 Å². The average molecular weight is 623 g/mol. The highest BCUT2D eigenvalue weighted by molar-refractivity contribution is 5.98. The molecule has 0 radical (unpaired) electrons. The predicted octanol–water partition coefficient (Wildman–Crippen LogP) is 6.09. The molecular weight excluding hydrogens is 587 g/mol.